The lowest BCUT2D eigenvalue weighted by atomic mass is 9.88. The summed E-state index contributed by atoms with van der Waals surface area (Å²) in [6.45, 7) is -0.335. The van der Waals surface area contributed by atoms with Crippen LogP contribution >= 0.6 is 0 Å². The fourth-order valence-corrected chi connectivity index (χ4v) is 1.96. The molecule has 0 aromatic heterocycles. The summed E-state index contributed by atoms with van der Waals surface area (Å²) in [5.41, 5.74) is 4.45. The number of alkyl halides is 3. The molecule has 1 aliphatic rings. The molecule has 1 aromatic rings. The molecule has 0 spiro atoms. The van der Waals surface area contributed by atoms with Gasteiger partial charge in [0.05, 0.1) is 12.1 Å². The Labute approximate surface area is 95.4 Å². The van der Waals surface area contributed by atoms with Crippen LogP contribution in [0.3, 0.4) is 0 Å². The molecule has 0 unspecified atom stereocenters. The number of rotatable bonds is 1. The first-order chi connectivity index (χ1) is 7.83. The van der Waals surface area contributed by atoms with E-state index in [1.165, 1.54) is 24.3 Å². The fraction of sp³-hybridized carbons (Fsp3) is 0.455. The van der Waals surface area contributed by atoms with Gasteiger partial charge in [0.25, 0.3) is 0 Å². The van der Waals surface area contributed by atoms with E-state index in [2.05, 4.69) is 4.74 Å². The highest BCUT2D eigenvalue weighted by atomic mass is 19.4. The van der Waals surface area contributed by atoms with E-state index in [1.54, 1.807) is 0 Å². The number of benzene rings is 1. The smallest absolute Gasteiger partial charge is 0.366 e. The van der Waals surface area contributed by atoms with Crippen LogP contribution < -0.4 is 5.73 Å². The Kier molecular flexibility index (Phi) is 2.87. The predicted molar refractivity (Wildman–Crippen MR) is 52.7 cm³/mol. The van der Waals surface area contributed by atoms with E-state index >= 15 is 0 Å². The highest BCUT2D eigenvalue weighted by Gasteiger charge is 2.51. The van der Waals surface area contributed by atoms with Crippen molar-refractivity contribution >= 4 is 0 Å². The van der Waals surface area contributed by atoms with Crippen LogP contribution in [0.15, 0.2) is 24.3 Å². The molecular formula is C11H11F4NO. The van der Waals surface area contributed by atoms with E-state index in [0.717, 1.165) is 0 Å². The van der Waals surface area contributed by atoms with Gasteiger partial charge < -0.3 is 10.5 Å². The number of nitrogens with two attached hydrogens (primary N) is 1. The monoisotopic (exact) mass is 249 g/mol. The molecular weight excluding hydrogens is 238 g/mol. The average Bonchev–Trinajstić information content (AvgIpc) is 2.62. The summed E-state index contributed by atoms with van der Waals surface area (Å²) < 4.78 is 55.5. The Morgan fingerprint density at radius 3 is 2.47 bits per heavy atom. The van der Waals surface area contributed by atoms with Crippen molar-refractivity contribution in [2.24, 2.45) is 5.73 Å². The van der Waals surface area contributed by atoms with Crippen molar-refractivity contribution in [2.75, 3.05) is 6.61 Å². The van der Waals surface area contributed by atoms with Crippen LogP contribution in [0.4, 0.5) is 17.6 Å². The molecule has 2 atom stereocenters. The van der Waals surface area contributed by atoms with E-state index in [0.29, 0.717) is 0 Å². The number of ether oxygens (including phenoxy) is 1. The van der Waals surface area contributed by atoms with Gasteiger partial charge in [0, 0.05) is 12.0 Å². The van der Waals surface area contributed by atoms with Gasteiger partial charge in [-0.15, -0.1) is 0 Å². The minimum Gasteiger partial charge on any atom is -0.366 e. The summed E-state index contributed by atoms with van der Waals surface area (Å²) in [5, 5.41) is 0. The zero-order chi connectivity index (χ0) is 12.7. The minimum atomic E-state index is -4.47. The standard InChI is InChI=1S/C11H11F4NO/c12-8-4-2-1-3-7(8)10(16)5-9(17-6-10)11(13,14)15/h1-4,9H,5-6,16H2/t9-,10+/m0/s1. The summed E-state index contributed by atoms with van der Waals surface area (Å²) in [6, 6.07) is 5.55. The second-order valence-electron chi connectivity index (χ2n) is 4.18. The summed E-state index contributed by atoms with van der Waals surface area (Å²) in [5.74, 6) is -0.610. The van der Waals surface area contributed by atoms with Gasteiger partial charge in [0.1, 0.15) is 5.82 Å². The lowest BCUT2D eigenvalue weighted by Gasteiger charge is -2.23. The number of halogens is 4. The van der Waals surface area contributed by atoms with Crippen molar-refractivity contribution in [3.63, 3.8) is 0 Å². The topological polar surface area (TPSA) is 35.2 Å². The molecule has 94 valence electrons. The van der Waals surface area contributed by atoms with Crippen LogP contribution in [0, 0.1) is 5.82 Å². The van der Waals surface area contributed by atoms with Gasteiger partial charge in [-0.3, -0.25) is 0 Å². The molecule has 0 aliphatic carbocycles. The first-order valence-corrected chi connectivity index (χ1v) is 5.05. The van der Waals surface area contributed by atoms with Gasteiger partial charge in [0.15, 0.2) is 6.10 Å². The van der Waals surface area contributed by atoms with Gasteiger partial charge in [-0.1, -0.05) is 18.2 Å². The van der Waals surface area contributed by atoms with Crippen LogP contribution in [0.25, 0.3) is 0 Å². The third kappa shape index (κ3) is 2.28. The molecule has 1 heterocycles. The lowest BCUT2D eigenvalue weighted by Crippen LogP contribution is -2.39. The summed E-state index contributed by atoms with van der Waals surface area (Å²) in [6.07, 6.45) is -6.85. The summed E-state index contributed by atoms with van der Waals surface area (Å²) >= 11 is 0. The average molecular weight is 249 g/mol. The van der Waals surface area contributed by atoms with Crippen LogP contribution in [-0.2, 0) is 10.3 Å². The minimum absolute atomic E-state index is 0.0618. The van der Waals surface area contributed by atoms with E-state index in [-0.39, 0.29) is 12.2 Å². The van der Waals surface area contributed by atoms with Gasteiger partial charge in [-0.2, -0.15) is 13.2 Å². The third-order valence-electron chi connectivity index (χ3n) is 2.87. The zero-order valence-corrected chi connectivity index (χ0v) is 8.80. The van der Waals surface area contributed by atoms with Crippen LogP contribution in [-0.4, -0.2) is 18.9 Å². The SMILES string of the molecule is N[C@@]1(c2ccccc2F)CO[C@H](C(F)(F)F)C1. The molecule has 2 nitrogen and oxygen atoms in total. The first-order valence-electron chi connectivity index (χ1n) is 5.05. The maximum absolute atomic E-state index is 13.5. The molecule has 1 saturated heterocycles. The molecule has 17 heavy (non-hydrogen) atoms. The maximum Gasteiger partial charge on any atom is 0.414 e. The van der Waals surface area contributed by atoms with Crippen molar-refractivity contribution in [3.8, 4) is 0 Å². The molecule has 1 aliphatic heterocycles. The van der Waals surface area contributed by atoms with Crippen molar-refractivity contribution in [2.45, 2.75) is 24.2 Å². The molecule has 2 N–H and O–H groups in total. The Morgan fingerprint density at radius 2 is 1.94 bits per heavy atom. The second-order valence-corrected chi connectivity index (χ2v) is 4.18. The molecule has 0 radical (unpaired) electrons. The molecule has 1 fully saturated rings. The van der Waals surface area contributed by atoms with Gasteiger partial charge in [0.2, 0.25) is 0 Å². The fourth-order valence-electron chi connectivity index (χ4n) is 1.96. The van der Waals surface area contributed by atoms with Crippen LogP contribution in [0.2, 0.25) is 0 Å². The summed E-state index contributed by atoms with van der Waals surface area (Å²) in [4.78, 5) is 0. The Hall–Kier alpha value is -1.14. The van der Waals surface area contributed by atoms with Gasteiger partial charge in [-0.05, 0) is 6.07 Å². The summed E-state index contributed by atoms with van der Waals surface area (Å²) in [7, 11) is 0. The van der Waals surface area contributed by atoms with Gasteiger partial charge >= 0.3 is 6.18 Å². The number of hydrogen-bond donors (Lipinski definition) is 1. The molecule has 1 aromatic carbocycles. The van der Waals surface area contributed by atoms with Crippen LogP contribution in [0.5, 0.6) is 0 Å². The van der Waals surface area contributed by atoms with Crippen LogP contribution in [0.1, 0.15) is 12.0 Å². The Bertz CT molecular complexity index is 420. The van der Waals surface area contributed by atoms with Crippen molar-refractivity contribution < 1.29 is 22.3 Å². The van der Waals surface area contributed by atoms with Gasteiger partial charge in [-0.25, -0.2) is 4.39 Å². The highest BCUT2D eigenvalue weighted by molar-refractivity contribution is 5.27. The normalized spacial score (nSPS) is 29.6. The molecule has 0 amide bonds. The van der Waals surface area contributed by atoms with Crippen molar-refractivity contribution in [1.82, 2.24) is 0 Å². The van der Waals surface area contributed by atoms with E-state index < -0.39 is 30.1 Å². The third-order valence-corrected chi connectivity index (χ3v) is 2.87. The molecule has 6 heteroatoms. The first kappa shape index (κ1) is 12.3. The quantitative estimate of drug-likeness (QED) is 0.775. The van der Waals surface area contributed by atoms with E-state index in [9.17, 15) is 17.6 Å². The number of hydrogen-bond acceptors (Lipinski definition) is 2. The Morgan fingerprint density at radius 1 is 1.29 bits per heavy atom. The van der Waals surface area contributed by atoms with E-state index in [4.69, 9.17) is 5.73 Å². The highest BCUT2D eigenvalue weighted by Crippen LogP contribution is 2.39. The van der Waals surface area contributed by atoms with Crippen molar-refractivity contribution in [3.05, 3.63) is 35.6 Å². The molecule has 0 saturated carbocycles. The maximum atomic E-state index is 13.5. The molecule has 0 bridgehead atoms. The predicted octanol–water partition coefficient (Wildman–Crippen LogP) is 2.33. The van der Waals surface area contributed by atoms with Crippen molar-refractivity contribution in [1.29, 1.82) is 0 Å². The van der Waals surface area contributed by atoms with E-state index in [1.807, 2.05) is 0 Å². The Balaban J connectivity index is 2.26. The zero-order valence-electron chi connectivity index (χ0n) is 8.80. The molecule has 2 rings (SSSR count). The largest absolute Gasteiger partial charge is 0.414 e. The second kappa shape index (κ2) is 3.96. The lowest BCUT2D eigenvalue weighted by molar-refractivity contribution is -0.206.